The second-order valence-electron chi connectivity index (χ2n) is 5.93. The molecule has 2 aromatic heterocycles. The van der Waals surface area contributed by atoms with Crippen molar-refractivity contribution in [3.05, 3.63) is 52.1 Å². The minimum absolute atomic E-state index is 0.0462. The fraction of sp³-hybridized carbons (Fsp3) is 0.353. The van der Waals surface area contributed by atoms with Crippen LogP contribution in [-0.2, 0) is 13.6 Å². The van der Waals surface area contributed by atoms with Gasteiger partial charge >= 0.3 is 0 Å². The first-order valence-electron chi connectivity index (χ1n) is 7.86. The van der Waals surface area contributed by atoms with Gasteiger partial charge in [-0.1, -0.05) is 30.3 Å². The number of aliphatic hydroxyl groups excluding tert-OH is 1. The summed E-state index contributed by atoms with van der Waals surface area (Å²) in [7, 11) is 1.66. The Hall–Kier alpha value is -2.67. The maximum Gasteiger partial charge on any atom is 0.280 e. The summed E-state index contributed by atoms with van der Waals surface area (Å²) in [6.45, 7) is 4.21. The van der Waals surface area contributed by atoms with Gasteiger partial charge in [0, 0.05) is 19.6 Å². The van der Waals surface area contributed by atoms with E-state index in [-0.39, 0.29) is 18.2 Å². The molecule has 1 unspecified atom stereocenters. The SMILES string of the molecule is Cc1nc2nc(NC(C)CO)n(C)c(=O)c2n1Cc1ccccc1. The van der Waals surface area contributed by atoms with Crippen LogP contribution in [0.3, 0.4) is 0 Å². The van der Waals surface area contributed by atoms with Gasteiger partial charge in [-0.05, 0) is 19.4 Å². The zero-order chi connectivity index (χ0) is 17.3. The zero-order valence-electron chi connectivity index (χ0n) is 14.0. The molecule has 0 saturated carbocycles. The summed E-state index contributed by atoms with van der Waals surface area (Å²) in [6.07, 6.45) is 0. The summed E-state index contributed by atoms with van der Waals surface area (Å²) in [5.74, 6) is 1.14. The molecule has 1 aromatic carbocycles. The molecule has 7 nitrogen and oxygen atoms in total. The Balaban J connectivity index is 2.11. The van der Waals surface area contributed by atoms with E-state index >= 15 is 0 Å². The Kier molecular flexibility index (Phi) is 4.35. The van der Waals surface area contributed by atoms with Crippen molar-refractivity contribution < 1.29 is 5.11 Å². The number of aliphatic hydroxyl groups is 1. The van der Waals surface area contributed by atoms with Crippen LogP contribution in [0.5, 0.6) is 0 Å². The maximum absolute atomic E-state index is 12.8. The molecule has 126 valence electrons. The average molecular weight is 327 g/mol. The standard InChI is InChI=1S/C17H21N5O2/c1-11(10-23)18-17-20-15-14(16(24)21(17)3)22(12(2)19-15)9-13-7-5-4-6-8-13/h4-8,11,23H,9-10H2,1-3H3,(H,18,20). The van der Waals surface area contributed by atoms with E-state index in [0.717, 1.165) is 11.4 Å². The highest BCUT2D eigenvalue weighted by molar-refractivity contribution is 5.72. The van der Waals surface area contributed by atoms with E-state index in [9.17, 15) is 9.90 Å². The first kappa shape index (κ1) is 16.2. The molecular formula is C17H21N5O2. The van der Waals surface area contributed by atoms with Gasteiger partial charge in [-0.2, -0.15) is 4.98 Å². The lowest BCUT2D eigenvalue weighted by Gasteiger charge is -2.14. The number of nitrogens with zero attached hydrogens (tertiary/aromatic N) is 4. The minimum atomic E-state index is -0.201. The van der Waals surface area contributed by atoms with Crippen molar-refractivity contribution in [2.45, 2.75) is 26.4 Å². The van der Waals surface area contributed by atoms with Crippen molar-refractivity contribution in [3.8, 4) is 0 Å². The van der Waals surface area contributed by atoms with Crippen molar-refractivity contribution in [3.63, 3.8) is 0 Å². The van der Waals surface area contributed by atoms with Crippen molar-refractivity contribution in [1.82, 2.24) is 19.1 Å². The number of hydrogen-bond donors (Lipinski definition) is 2. The van der Waals surface area contributed by atoms with Crippen LogP contribution in [0, 0.1) is 6.92 Å². The molecule has 24 heavy (non-hydrogen) atoms. The van der Waals surface area contributed by atoms with E-state index in [1.807, 2.05) is 48.7 Å². The molecule has 3 aromatic rings. The first-order chi connectivity index (χ1) is 11.5. The summed E-state index contributed by atoms with van der Waals surface area (Å²) in [5, 5.41) is 12.2. The fourth-order valence-electron chi connectivity index (χ4n) is 2.62. The molecule has 2 N–H and O–H groups in total. The van der Waals surface area contributed by atoms with E-state index in [0.29, 0.717) is 23.7 Å². The number of hydrogen-bond acceptors (Lipinski definition) is 5. The lowest BCUT2D eigenvalue weighted by atomic mass is 10.2. The number of aromatic nitrogens is 4. The van der Waals surface area contributed by atoms with Crippen molar-refractivity contribution >= 4 is 17.1 Å². The Morgan fingerprint density at radius 1 is 1.25 bits per heavy atom. The van der Waals surface area contributed by atoms with Gasteiger partial charge in [0.25, 0.3) is 5.56 Å². The summed E-state index contributed by atoms with van der Waals surface area (Å²) in [5.41, 5.74) is 1.84. The molecule has 7 heteroatoms. The van der Waals surface area contributed by atoms with Gasteiger partial charge in [-0.3, -0.25) is 9.36 Å². The van der Waals surface area contributed by atoms with Crippen molar-refractivity contribution in [2.24, 2.45) is 7.05 Å². The van der Waals surface area contributed by atoms with E-state index in [2.05, 4.69) is 15.3 Å². The largest absolute Gasteiger partial charge is 0.394 e. The van der Waals surface area contributed by atoms with Gasteiger partial charge in [0.2, 0.25) is 5.95 Å². The third-order valence-corrected chi connectivity index (χ3v) is 4.01. The number of fused-ring (bicyclic) bond motifs is 1. The predicted molar refractivity (Wildman–Crippen MR) is 93.2 cm³/mol. The number of imidazole rings is 1. The summed E-state index contributed by atoms with van der Waals surface area (Å²) < 4.78 is 3.34. The van der Waals surface area contributed by atoms with Gasteiger partial charge in [0.15, 0.2) is 11.2 Å². The van der Waals surface area contributed by atoms with E-state index in [1.165, 1.54) is 4.57 Å². The van der Waals surface area contributed by atoms with Crippen molar-refractivity contribution in [2.75, 3.05) is 11.9 Å². The van der Waals surface area contributed by atoms with Crippen LogP contribution in [-0.4, -0.2) is 36.9 Å². The molecule has 0 bridgehead atoms. The lowest BCUT2D eigenvalue weighted by Crippen LogP contribution is -2.28. The van der Waals surface area contributed by atoms with Crippen LogP contribution < -0.4 is 10.9 Å². The van der Waals surface area contributed by atoms with E-state index in [4.69, 9.17) is 0 Å². The maximum atomic E-state index is 12.8. The number of nitrogens with one attached hydrogen (secondary N) is 1. The van der Waals surface area contributed by atoms with E-state index in [1.54, 1.807) is 7.05 Å². The molecule has 0 spiro atoms. The van der Waals surface area contributed by atoms with Crippen LogP contribution in [0.15, 0.2) is 35.1 Å². The smallest absolute Gasteiger partial charge is 0.280 e. The molecule has 3 rings (SSSR count). The minimum Gasteiger partial charge on any atom is -0.394 e. The molecule has 0 aliphatic carbocycles. The van der Waals surface area contributed by atoms with Crippen LogP contribution in [0.2, 0.25) is 0 Å². The number of anilines is 1. The van der Waals surface area contributed by atoms with Gasteiger partial charge < -0.3 is 15.0 Å². The molecule has 0 aliphatic heterocycles. The molecule has 1 atom stereocenters. The molecule has 0 amide bonds. The number of aryl methyl sites for hydroxylation is 1. The summed E-state index contributed by atoms with van der Waals surface area (Å²) >= 11 is 0. The Labute approximate surface area is 139 Å². The number of benzene rings is 1. The monoisotopic (exact) mass is 327 g/mol. The Bertz CT molecular complexity index is 914. The highest BCUT2D eigenvalue weighted by atomic mass is 16.3. The molecule has 0 saturated heterocycles. The summed E-state index contributed by atoms with van der Waals surface area (Å²) in [6, 6.07) is 9.73. The normalized spacial score (nSPS) is 12.5. The molecule has 0 aliphatic rings. The highest BCUT2D eigenvalue weighted by Gasteiger charge is 2.17. The van der Waals surface area contributed by atoms with Gasteiger partial charge in [0.05, 0.1) is 6.61 Å². The second kappa shape index (κ2) is 6.45. The third-order valence-electron chi connectivity index (χ3n) is 4.01. The molecule has 2 heterocycles. The quantitative estimate of drug-likeness (QED) is 0.737. The second-order valence-corrected chi connectivity index (χ2v) is 5.93. The van der Waals surface area contributed by atoms with Gasteiger partial charge in [-0.15, -0.1) is 0 Å². The highest BCUT2D eigenvalue weighted by Crippen LogP contribution is 2.15. The zero-order valence-corrected chi connectivity index (χ0v) is 14.0. The lowest BCUT2D eigenvalue weighted by molar-refractivity contribution is 0.280. The average Bonchev–Trinajstić information content (AvgIpc) is 2.89. The van der Waals surface area contributed by atoms with Crippen molar-refractivity contribution in [1.29, 1.82) is 0 Å². The summed E-state index contributed by atoms with van der Waals surface area (Å²) in [4.78, 5) is 21.7. The Morgan fingerprint density at radius 3 is 2.62 bits per heavy atom. The van der Waals surface area contributed by atoms with Gasteiger partial charge in [0.1, 0.15) is 5.82 Å². The molecule has 0 radical (unpaired) electrons. The van der Waals surface area contributed by atoms with Crippen LogP contribution in [0.25, 0.3) is 11.2 Å². The predicted octanol–water partition coefficient (Wildman–Crippen LogP) is 1.28. The Morgan fingerprint density at radius 2 is 1.96 bits per heavy atom. The van der Waals surface area contributed by atoms with E-state index < -0.39 is 0 Å². The third kappa shape index (κ3) is 2.90. The first-order valence-corrected chi connectivity index (χ1v) is 7.86. The van der Waals surface area contributed by atoms with Gasteiger partial charge in [-0.25, -0.2) is 4.98 Å². The van der Waals surface area contributed by atoms with Crippen LogP contribution in [0.1, 0.15) is 18.3 Å². The molecule has 0 fully saturated rings. The fourth-order valence-corrected chi connectivity index (χ4v) is 2.62. The molecular weight excluding hydrogens is 306 g/mol. The number of rotatable bonds is 5. The van der Waals surface area contributed by atoms with Crippen LogP contribution in [0.4, 0.5) is 5.95 Å². The van der Waals surface area contributed by atoms with Crippen LogP contribution >= 0.6 is 0 Å². The topological polar surface area (TPSA) is 85.0 Å².